The van der Waals surface area contributed by atoms with Crippen LogP contribution in [-0.4, -0.2) is 54.3 Å². The predicted octanol–water partition coefficient (Wildman–Crippen LogP) is 1.08. The van der Waals surface area contributed by atoms with E-state index in [0.717, 1.165) is 4.90 Å². The molecule has 0 aliphatic carbocycles. The molecule has 0 spiro atoms. The van der Waals surface area contributed by atoms with Crippen molar-refractivity contribution < 1.29 is 23.9 Å². The van der Waals surface area contributed by atoms with Gasteiger partial charge in [0.15, 0.2) is 6.61 Å². The standard InChI is InChI=1S/C20H27N3O5/c1-14(24)21-16(11-15-9-7-6-8-10-15)19(27)28-13-18(26)23(5)12-17(25)22-20(2,3)4/h6-11H,12-13H2,1-5H3,(H,21,24)(H,22,25)/b16-11-. The van der Waals surface area contributed by atoms with E-state index in [2.05, 4.69) is 10.6 Å². The molecule has 0 aromatic heterocycles. The van der Waals surface area contributed by atoms with Gasteiger partial charge in [-0.2, -0.15) is 0 Å². The first-order chi connectivity index (χ1) is 13.0. The summed E-state index contributed by atoms with van der Waals surface area (Å²) in [5, 5.41) is 5.14. The number of hydrogen-bond donors (Lipinski definition) is 2. The molecule has 0 atom stereocenters. The molecule has 0 bridgehead atoms. The maximum atomic E-state index is 12.3. The van der Waals surface area contributed by atoms with Crippen molar-refractivity contribution in [1.82, 2.24) is 15.5 Å². The highest BCUT2D eigenvalue weighted by atomic mass is 16.5. The molecule has 0 saturated carbocycles. The van der Waals surface area contributed by atoms with Crippen molar-refractivity contribution in [3.8, 4) is 0 Å². The lowest BCUT2D eigenvalue weighted by molar-refractivity contribution is -0.149. The van der Waals surface area contributed by atoms with Gasteiger partial charge in [-0.25, -0.2) is 4.79 Å². The molecule has 0 aliphatic rings. The van der Waals surface area contributed by atoms with Crippen molar-refractivity contribution in [3.05, 3.63) is 41.6 Å². The molecule has 1 rings (SSSR count). The Bertz CT molecular complexity index is 751. The number of nitrogens with zero attached hydrogens (tertiary/aromatic N) is 1. The molecule has 0 unspecified atom stereocenters. The summed E-state index contributed by atoms with van der Waals surface area (Å²) in [7, 11) is 1.44. The Kier molecular flexibility index (Phi) is 8.37. The lowest BCUT2D eigenvalue weighted by atomic mass is 10.1. The van der Waals surface area contributed by atoms with Crippen molar-refractivity contribution in [2.24, 2.45) is 0 Å². The summed E-state index contributed by atoms with van der Waals surface area (Å²) in [5.74, 6) is -2.15. The fourth-order valence-corrected chi connectivity index (χ4v) is 2.13. The normalized spacial score (nSPS) is 11.4. The van der Waals surface area contributed by atoms with E-state index in [9.17, 15) is 19.2 Å². The second kappa shape index (κ2) is 10.2. The van der Waals surface area contributed by atoms with E-state index in [1.165, 1.54) is 20.0 Å². The highest BCUT2D eigenvalue weighted by Gasteiger charge is 2.20. The Morgan fingerprint density at radius 3 is 2.25 bits per heavy atom. The van der Waals surface area contributed by atoms with Crippen molar-refractivity contribution in [2.75, 3.05) is 20.2 Å². The van der Waals surface area contributed by atoms with Crippen LogP contribution in [0, 0.1) is 0 Å². The van der Waals surface area contributed by atoms with Crippen LogP contribution in [0.3, 0.4) is 0 Å². The SMILES string of the molecule is CC(=O)N/C(=C\c1ccccc1)C(=O)OCC(=O)N(C)CC(=O)NC(C)(C)C. The quantitative estimate of drug-likeness (QED) is 0.536. The van der Waals surface area contributed by atoms with Gasteiger partial charge in [0.2, 0.25) is 11.8 Å². The zero-order chi connectivity index (χ0) is 21.3. The van der Waals surface area contributed by atoms with Gasteiger partial charge >= 0.3 is 5.97 Å². The smallest absolute Gasteiger partial charge is 0.355 e. The Hall–Kier alpha value is -3.16. The predicted molar refractivity (Wildman–Crippen MR) is 105 cm³/mol. The molecule has 1 aromatic carbocycles. The Balaban J connectivity index is 2.68. The average Bonchev–Trinajstić information content (AvgIpc) is 2.57. The van der Waals surface area contributed by atoms with E-state index in [-0.39, 0.29) is 18.1 Å². The van der Waals surface area contributed by atoms with Crippen LogP contribution in [0.1, 0.15) is 33.3 Å². The number of amides is 3. The monoisotopic (exact) mass is 389 g/mol. The van der Waals surface area contributed by atoms with Gasteiger partial charge in [0.05, 0.1) is 6.54 Å². The first-order valence-electron chi connectivity index (χ1n) is 8.74. The lowest BCUT2D eigenvalue weighted by Crippen LogP contribution is -2.47. The van der Waals surface area contributed by atoms with Crippen molar-refractivity contribution in [3.63, 3.8) is 0 Å². The van der Waals surface area contributed by atoms with Crippen LogP contribution in [0.25, 0.3) is 6.08 Å². The van der Waals surface area contributed by atoms with E-state index in [1.54, 1.807) is 24.3 Å². The highest BCUT2D eigenvalue weighted by molar-refractivity contribution is 5.98. The first kappa shape index (κ1) is 22.9. The van der Waals surface area contributed by atoms with Gasteiger partial charge < -0.3 is 20.3 Å². The van der Waals surface area contributed by atoms with Crippen LogP contribution in [-0.2, 0) is 23.9 Å². The summed E-state index contributed by atoms with van der Waals surface area (Å²) in [6, 6.07) is 8.88. The molecule has 28 heavy (non-hydrogen) atoms. The maximum Gasteiger partial charge on any atom is 0.355 e. The number of esters is 1. The molecule has 8 heteroatoms. The molecule has 2 N–H and O–H groups in total. The molecule has 3 amide bonds. The molecule has 0 saturated heterocycles. The van der Waals surface area contributed by atoms with Gasteiger partial charge in [-0.05, 0) is 32.4 Å². The first-order valence-corrected chi connectivity index (χ1v) is 8.74. The minimum atomic E-state index is -0.847. The van der Waals surface area contributed by atoms with Crippen molar-refractivity contribution >= 4 is 29.8 Å². The fraction of sp³-hybridized carbons (Fsp3) is 0.400. The van der Waals surface area contributed by atoms with Crippen LogP contribution >= 0.6 is 0 Å². The molecule has 0 heterocycles. The third kappa shape index (κ3) is 8.98. The fourth-order valence-electron chi connectivity index (χ4n) is 2.13. The number of likely N-dealkylation sites (N-methyl/N-ethyl adjacent to an activating group) is 1. The highest BCUT2D eigenvalue weighted by Crippen LogP contribution is 2.07. The van der Waals surface area contributed by atoms with Crippen LogP contribution in [0.5, 0.6) is 0 Å². The number of hydrogen-bond acceptors (Lipinski definition) is 5. The summed E-state index contributed by atoms with van der Waals surface area (Å²) in [6.45, 7) is 6.04. The summed E-state index contributed by atoms with van der Waals surface area (Å²) in [6.07, 6.45) is 1.45. The van der Waals surface area contributed by atoms with E-state index < -0.39 is 29.9 Å². The zero-order valence-corrected chi connectivity index (χ0v) is 16.9. The van der Waals surface area contributed by atoms with Gasteiger partial charge in [0.25, 0.3) is 5.91 Å². The number of nitrogens with one attached hydrogen (secondary N) is 2. The second-order valence-electron chi connectivity index (χ2n) is 7.27. The molecule has 0 radical (unpaired) electrons. The van der Waals surface area contributed by atoms with Gasteiger partial charge in [-0.1, -0.05) is 30.3 Å². The second-order valence-corrected chi connectivity index (χ2v) is 7.27. The summed E-state index contributed by atoms with van der Waals surface area (Å²) >= 11 is 0. The number of ether oxygens (including phenoxy) is 1. The van der Waals surface area contributed by atoms with Crippen LogP contribution in [0.15, 0.2) is 36.0 Å². The summed E-state index contributed by atoms with van der Waals surface area (Å²) < 4.78 is 5.00. The van der Waals surface area contributed by atoms with Crippen molar-refractivity contribution in [1.29, 1.82) is 0 Å². The van der Waals surface area contributed by atoms with Crippen LogP contribution in [0.4, 0.5) is 0 Å². The average molecular weight is 389 g/mol. The minimum Gasteiger partial charge on any atom is -0.451 e. The zero-order valence-electron chi connectivity index (χ0n) is 16.9. The minimum absolute atomic E-state index is 0.0837. The van der Waals surface area contributed by atoms with E-state index >= 15 is 0 Å². The van der Waals surface area contributed by atoms with Gasteiger partial charge in [-0.3, -0.25) is 14.4 Å². The van der Waals surface area contributed by atoms with Crippen LogP contribution < -0.4 is 10.6 Å². The maximum absolute atomic E-state index is 12.3. The third-order valence-electron chi connectivity index (χ3n) is 3.29. The summed E-state index contributed by atoms with van der Waals surface area (Å²) in [5.41, 5.74) is 0.188. The number of carbonyl (C=O) groups is 4. The molecular weight excluding hydrogens is 362 g/mol. The lowest BCUT2D eigenvalue weighted by Gasteiger charge is -2.23. The Labute approximate surface area is 164 Å². The molecule has 0 aliphatic heterocycles. The van der Waals surface area contributed by atoms with Gasteiger partial charge in [0, 0.05) is 19.5 Å². The van der Waals surface area contributed by atoms with Gasteiger partial charge in [-0.15, -0.1) is 0 Å². The molecular formula is C20H27N3O5. The number of benzene rings is 1. The topological polar surface area (TPSA) is 105 Å². The van der Waals surface area contributed by atoms with Crippen molar-refractivity contribution in [2.45, 2.75) is 33.2 Å². The number of rotatable bonds is 7. The Morgan fingerprint density at radius 1 is 1.11 bits per heavy atom. The third-order valence-corrected chi connectivity index (χ3v) is 3.29. The van der Waals surface area contributed by atoms with E-state index in [1.807, 2.05) is 26.8 Å². The molecule has 0 fully saturated rings. The molecule has 8 nitrogen and oxygen atoms in total. The van der Waals surface area contributed by atoms with E-state index in [0.29, 0.717) is 5.56 Å². The van der Waals surface area contributed by atoms with Gasteiger partial charge in [0.1, 0.15) is 5.70 Å². The number of carbonyl (C=O) groups excluding carboxylic acids is 4. The van der Waals surface area contributed by atoms with E-state index in [4.69, 9.17) is 4.74 Å². The molecule has 1 aromatic rings. The van der Waals surface area contributed by atoms with Crippen LogP contribution in [0.2, 0.25) is 0 Å². The Morgan fingerprint density at radius 2 is 1.71 bits per heavy atom. The summed E-state index contributed by atoms with van der Waals surface area (Å²) in [4.78, 5) is 48.8. The largest absolute Gasteiger partial charge is 0.451 e. The molecule has 152 valence electrons.